The van der Waals surface area contributed by atoms with Crippen molar-refractivity contribution in [3.63, 3.8) is 0 Å². The minimum atomic E-state index is 0.732. The Morgan fingerprint density at radius 1 is 1.32 bits per heavy atom. The van der Waals surface area contributed by atoms with E-state index in [4.69, 9.17) is 4.74 Å². The predicted octanol–water partition coefficient (Wildman–Crippen LogP) is 0.672. The summed E-state index contributed by atoms with van der Waals surface area (Å²) in [5.41, 5.74) is 0. The van der Waals surface area contributed by atoms with Gasteiger partial charge in [-0.3, -0.25) is 4.99 Å². The summed E-state index contributed by atoms with van der Waals surface area (Å²) in [6, 6.07) is 0.911. The lowest BCUT2D eigenvalue weighted by atomic mass is 10.1. The summed E-state index contributed by atoms with van der Waals surface area (Å²) >= 11 is 0. The van der Waals surface area contributed by atoms with E-state index in [0.717, 1.165) is 44.2 Å². The predicted molar refractivity (Wildman–Crippen MR) is 78.6 cm³/mol. The molecule has 1 aliphatic heterocycles. The zero-order valence-electron chi connectivity index (χ0n) is 12.3. The van der Waals surface area contributed by atoms with Crippen molar-refractivity contribution in [2.75, 3.05) is 46.4 Å². The van der Waals surface area contributed by atoms with Crippen LogP contribution in [0.5, 0.6) is 0 Å². The highest BCUT2D eigenvalue weighted by Crippen LogP contribution is 2.31. The van der Waals surface area contributed by atoms with Crippen LogP contribution in [0, 0.1) is 5.92 Å². The van der Waals surface area contributed by atoms with Crippen LogP contribution in [0.2, 0.25) is 0 Å². The van der Waals surface area contributed by atoms with Crippen LogP contribution in [-0.2, 0) is 4.74 Å². The van der Waals surface area contributed by atoms with Gasteiger partial charge in [-0.2, -0.15) is 0 Å². The SMILES string of the molecule is CCOCCNC(=NC)NCC1CCN(C2CC2)C1. The summed E-state index contributed by atoms with van der Waals surface area (Å²) in [7, 11) is 1.82. The lowest BCUT2D eigenvalue weighted by Gasteiger charge is -2.17. The molecular formula is C14H28N4O. The molecular weight excluding hydrogens is 240 g/mol. The van der Waals surface area contributed by atoms with E-state index in [1.54, 1.807) is 0 Å². The van der Waals surface area contributed by atoms with Crippen LogP contribution in [0.3, 0.4) is 0 Å². The number of nitrogens with zero attached hydrogens (tertiary/aromatic N) is 2. The van der Waals surface area contributed by atoms with Crippen LogP contribution in [0.4, 0.5) is 0 Å². The molecule has 5 nitrogen and oxygen atoms in total. The van der Waals surface area contributed by atoms with Crippen LogP contribution >= 0.6 is 0 Å². The standard InChI is InChI=1S/C14H28N4O/c1-3-19-9-7-16-14(15-2)17-10-12-6-8-18(11-12)13-4-5-13/h12-13H,3-11H2,1-2H3,(H2,15,16,17). The van der Waals surface area contributed by atoms with Crippen molar-refractivity contribution in [2.24, 2.45) is 10.9 Å². The molecule has 0 bridgehead atoms. The first-order valence-electron chi connectivity index (χ1n) is 7.59. The molecule has 0 aromatic heterocycles. The fourth-order valence-electron chi connectivity index (χ4n) is 2.65. The van der Waals surface area contributed by atoms with Crippen molar-refractivity contribution in [1.29, 1.82) is 0 Å². The van der Waals surface area contributed by atoms with Gasteiger partial charge in [-0.15, -0.1) is 0 Å². The minimum absolute atomic E-state index is 0.732. The van der Waals surface area contributed by atoms with Gasteiger partial charge in [0.2, 0.25) is 0 Å². The number of ether oxygens (including phenoxy) is 1. The molecule has 19 heavy (non-hydrogen) atoms. The largest absolute Gasteiger partial charge is 0.380 e. The van der Waals surface area contributed by atoms with Gasteiger partial charge in [0.1, 0.15) is 0 Å². The average Bonchev–Trinajstić information content (AvgIpc) is 3.18. The van der Waals surface area contributed by atoms with Crippen LogP contribution < -0.4 is 10.6 Å². The van der Waals surface area contributed by atoms with Crippen LogP contribution in [0.25, 0.3) is 0 Å². The molecule has 2 rings (SSSR count). The molecule has 0 amide bonds. The minimum Gasteiger partial charge on any atom is -0.380 e. The van der Waals surface area contributed by atoms with Crippen molar-refractivity contribution in [3.8, 4) is 0 Å². The first-order valence-corrected chi connectivity index (χ1v) is 7.59. The van der Waals surface area contributed by atoms with Gasteiger partial charge in [0.25, 0.3) is 0 Å². The molecule has 1 atom stereocenters. The number of likely N-dealkylation sites (tertiary alicyclic amines) is 1. The summed E-state index contributed by atoms with van der Waals surface area (Å²) in [5.74, 6) is 1.66. The van der Waals surface area contributed by atoms with Crippen LogP contribution in [0.1, 0.15) is 26.2 Å². The lowest BCUT2D eigenvalue weighted by Crippen LogP contribution is -2.41. The van der Waals surface area contributed by atoms with Gasteiger partial charge < -0.3 is 20.3 Å². The topological polar surface area (TPSA) is 48.9 Å². The maximum absolute atomic E-state index is 5.30. The Morgan fingerprint density at radius 2 is 2.16 bits per heavy atom. The maximum atomic E-state index is 5.30. The Morgan fingerprint density at radius 3 is 2.84 bits per heavy atom. The van der Waals surface area contributed by atoms with E-state index < -0.39 is 0 Å². The maximum Gasteiger partial charge on any atom is 0.191 e. The van der Waals surface area contributed by atoms with Crippen molar-refractivity contribution < 1.29 is 4.74 Å². The van der Waals surface area contributed by atoms with Crippen LogP contribution in [0.15, 0.2) is 4.99 Å². The zero-order chi connectivity index (χ0) is 13.5. The molecule has 0 radical (unpaired) electrons. The normalized spacial score (nSPS) is 24.7. The molecule has 0 spiro atoms. The quantitative estimate of drug-likeness (QED) is 0.405. The monoisotopic (exact) mass is 268 g/mol. The van der Waals surface area contributed by atoms with E-state index in [1.807, 2.05) is 14.0 Å². The van der Waals surface area contributed by atoms with E-state index in [9.17, 15) is 0 Å². The number of aliphatic imine (C=N–C) groups is 1. The van der Waals surface area contributed by atoms with E-state index in [1.165, 1.54) is 32.4 Å². The third-order valence-corrected chi connectivity index (χ3v) is 3.91. The van der Waals surface area contributed by atoms with Crippen LogP contribution in [-0.4, -0.2) is 63.3 Å². The zero-order valence-corrected chi connectivity index (χ0v) is 12.3. The molecule has 2 aliphatic rings. The Labute approximate surface area is 116 Å². The number of nitrogens with one attached hydrogen (secondary N) is 2. The molecule has 2 fully saturated rings. The third-order valence-electron chi connectivity index (χ3n) is 3.91. The smallest absolute Gasteiger partial charge is 0.191 e. The van der Waals surface area contributed by atoms with Crippen molar-refractivity contribution in [1.82, 2.24) is 15.5 Å². The number of rotatable bonds is 7. The molecule has 1 saturated heterocycles. The highest BCUT2D eigenvalue weighted by atomic mass is 16.5. The van der Waals surface area contributed by atoms with Gasteiger partial charge in [0.05, 0.1) is 6.61 Å². The second kappa shape index (κ2) is 7.70. The highest BCUT2D eigenvalue weighted by Gasteiger charge is 2.34. The third kappa shape index (κ3) is 4.99. The van der Waals surface area contributed by atoms with Crippen molar-refractivity contribution in [2.45, 2.75) is 32.2 Å². The fraction of sp³-hybridized carbons (Fsp3) is 0.929. The van der Waals surface area contributed by atoms with Gasteiger partial charge in [0.15, 0.2) is 5.96 Å². The van der Waals surface area contributed by atoms with E-state index >= 15 is 0 Å². The molecule has 110 valence electrons. The van der Waals surface area contributed by atoms with E-state index in [-0.39, 0.29) is 0 Å². The molecule has 0 aromatic carbocycles. The summed E-state index contributed by atoms with van der Waals surface area (Å²) in [6.45, 7) is 7.90. The molecule has 1 aliphatic carbocycles. The first-order chi connectivity index (χ1) is 9.33. The Kier molecular flexibility index (Phi) is 5.92. The lowest BCUT2D eigenvalue weighted by molar-refractivity contribution is 0.152. The van der Waals surface area contributed by atoms with Gasteiger partial charge in [-0.1, -0.05) is 0 Å². The average molecular weight is 268 g/mol. The summed E-state index contributed by atoms with van der Waals surface area (Å²) in [6.07, 6.45) is 4.15. The highest BCUT2D eigenvalue weighted by molar-refractivity contribution is 5.79. The first kappa shape index (κ1) is 14.6. The number of guanidine groups is 1. The van der Waals surface area contributed by atoms with Crippen molar-refractivity contribution >= 4 is 5.96 Å². The molecule has 1 unspecified atom stereocenters. The van der Waals surface area contributed by atoms with Gasteiger partial charge in [-0.05, 0) is 38.6 Å². The number of hydrogen-bond donors (Lipinski definition) is 2. The van der Waals surface area contributed by atoms with Gasteiger partial charge in [-0.25, -0.2) is 0 Å². The Bertz CT molecular complexity index is 291. The fourth-order valence-corrected chi connectivity index (χ4v) is 2.65. The second-order valence-corrected chi connectivity index (χ2v) is 5.46. The van der Waals surface area contributed by atoms with Crippen molar-refractivity contribution in [3.05, 3.63) is 0 Å². The van der Waals surface area contributed by atoms with E-state index in [2.05, 4.69) is 20.5 Å². The summed E-state index contributed by atoms with van der Waals surface area (Å²) in [5, 5.41) is 6.70. The molecule has 2 N–H and O–H groups in total. The van der Waals surface area contributed by atoms with E-state index in [0.29, 0.717) is 0 Å². The number of hydrogen-bond acceptors (Lipinski definition) is 3. The van der Waals surface area contributed by atoms with Gasteiger partial charge in [0, 0.05) is 39.3 Å². The van der Waals surface area contributed by atoms with Gasteiger partial charge >= 0.3 is 0 Å². The second-order valence-electron chi connectivity index (χ2n) is 5.46. The Hall–Kier alpha value is -0.810. The summed E-state index contributed by atoms with van der Waals surface area (Å²) < 4.78 is 5.30. The molecule has 1 saturated carbocycles. The molecule has 5 heteroatoms. The Balaban J connectivity index is 1.57. The molecule has 1 heterocycles. The summed E-state index contributed by atoms with van der Waals surface area (Å²) in [4.78, 5) is 6.89. The molecule has 0 aromatic rings.